The highest BCUT2D eigenvalue weighted by Crippen LogP contribution is 2.16. The fraction of sp³-hybridized carbons (Fsp3) is 0.500. The third kappa shape index (κ3) is 6.05. The zero-order chi connectivity index (χ0) is 15.0. The van der Waals surface area contributed by atoms with Crippen LogP contribution in [0.3, 0.4) is 0 Å². The van der Waals surface area contributed by atoms with Crippen molar-refractivity contribution in [1.82, 2.24) is 0 Å². The van der Waals surface area contributed by atoms with E-state index in [4.69, 9.17) is 4.74 Å². The summed E-state index contributed by atoms with van der Waals surface area (Å²) in [6, 6.07) is 8.65. The molecule has 0 aliphatic heterocycles. The molecule has 0 unspecified atom stereocenters. The van der Waals surface area contributed by atoms with E-state index in [1.807, 2.05) is 0 Å². The Bertz CT molecular complexity index is 441. The van der Waals surface area contributed by atoms with Crippen LogP contribution in [0.15, 0.2) is 29.8 Å². The molecule has 0 amide bonds. The van der Waals surface area contributed by atoms with Crippen molar-refractivity contribution in [3.63, 3.8) is 0 Å². The molecule has 0 aromatic heterocycles. The van der Waals surface area contributed by atoms with Crippen LogP contribution in [0.4, 0.5) is 0 Å². The maximum Gasteiger partial charge on any atom is 0.302 e. The molecule has 1 aromatic rings. The monoisotopic (exact) mass is 274 g/mol. The third-order valence-corrected chi connectivity index (χ3v) is 3.33. The number of benzene rings is 1. The van der Waals surface area contributed by atoms with E-state index < -0.39 is 0 Å². The molecule has 2 nitrogen and oxygen atoms in total. The van der Waals surface area contributed by atoms with Crippen molar-refractivity contribution in [3.05, 3.63) is 41.0 Å². The average molecular weight is 274 g/mol. The standard InChI is InChI=1S/C18H26O2/c1-5-6-7-16-8-10-17(11-9-16)12-18(14(2)3)13-20-15(4)19/h8-12,14H,5-7,13H2,1-4H3. The maximum atomic E-state index is 10.9. The Morgan fingerprint density at radius 3 is 2.40 bits per heavy atom. The molecule has 0 aliphatic rings. The summed E-state index contributed by atoms with van der Waals surface area (Å²) in [4.78, 5) is 10.9. The van der Waals surface area contributed by atoms with Crippen LogP contribution in [0.25, 0.3) is 6.08 Å². The first-order chi connectivity index (χ1) is 9.52. The molecule has 0 bridgehead atoms. The van der Waals surface area contributed by atoms with Crippen LogP contribution in [0.2, 0.25) is 0 Å². The maximum absolute atomic E-state index is 10.9. The highest BCUT2D eigenvalue weighted by molar-refractivity contribution is 5.66. The van der Waals surface area contributed by atoms with Crippen molar-refractivity contribution in [1.29, 1.82) is 0 Å². The van der Waals surface area contributed by atoms with Gasteiger partial charge in [-0.3, -0.25) is 4.79 Å². The summed E-state index contributed by atoms with van der Waals surface area (Å²) in [5.41, 5.74) is 3.69. The lowest BCUT2D eigenvalue weighted by Crippen LogP contribution is -2.07. The molecule has 0 saturated heterocycles. The zero-order valence-corrected chi connectivity index (χ0v) is 13.1. The van der Waals surface area contributed by atoms with Crippen LogP contribution < -0.4 is 0 Å². The number of carbonyl (C=O) groups is 1. The van der Waals surface area contributed by atoms with Gasteiger partial charge >= 0.3 is 5.97 Å². The SMILES string of the molecule is CCCCc1ccc(C=C(COC(C)=O)C(C)C)cc1. The summed E-state index contributed by atoms with van der Waals surface area (Å²) in [7, 11) is 0. The second-order valence-corrected chi connectivity index (χ2v) is 5.50. The van der Waals surface area contributed by atoms with Gasteiger partial charge in [-0.15, -0.1) is 0 Å². The van der Waals surface area contributed by atoms with Gasteiger partial charge in [0.05, 0.1) is 0 Å². The molecule has 0 radical (unpaired) electrons. The van der Waals surface area contributed by atoms with Crippen molar-refractivity contribution in [2.75, 3.05) is 6.61 Å². The Kier molecular flexibility index (Phi) is 7.06. The topological polar surface area (TPSA) is 26.3 Å². The summed E-state index contributed by atoms with van der Waals surface area (Å²) >= 11 is 0. The first-order valence-electron chi connectivity index (χ1n) is 7.45. The number of hydrogen-bond acceptors (Lipinski definition) is 2. The number of carbonyl (C=O) groups excluding carboxylic acids is 1. The first-order valence-corrected chi connectivity index (χ1v) is 7.45. The lowest BCUT2D eigenvalue weighted by Gasteiger charge is -2.11. The third-order valence-electron chi connectivity index (χ3n) is 3.33. The number of hydrogen-bond donors (Lipinski definition) is 0. The molecule has 1 aromatic carbocycles. The Morgan fingerprint density at radius 1 is 1.25 bits per heavy atom. The number of ether oxygens (including phenoxy) is 1. The van der Waals surface area contributed by atoms with Crippen molar-refractivity contribution in [2.45, 2.75) is 47.0 Å². The Balaban J connectivity index is 2.75. The van der Waals surface area contributed by atoms with Gasteiger partial charge in [-0.05, 0) is 35.5 Å². The van der Waals surface area contributed by atoms with E-state index in [1.165, 1.54) is 30.9 Å². The number of esters is 1. The van der Waals surface area contributed by atoms with Gasteiger partial charge in [0.15, 0.2) is 0 Å². The minimum atomic E-state index is -0.230. The smallest absolute Gasteiger partial charge is 0.302 e. The number of unbranched alkanes of at least 4 members (excludes halogenated alkanes) is 1. The first kappa shape index (κ1) is 16.5. The van der Waals surface area contributed by atoms with Crippen LogP contribution in [0.1, 0.15) is 51.7 Å². The molecule has 20 heavy (non-hydrogen) atoms. The van der Waals surface area contributed by atoms with Crippen molar-refractivity contribution in [3.8, 4) is 0 Å². The summed E-state index contributed by atoms with van der Waals surface area (Å²) in [6.07, 6.45) is 5.72. The van der Waals surface area contributed by atoms with E-state index in [2.05, 4.69) is 51.1 Å². The quantitative estimate of drug-likeness (QED) is 0.677. The molecule has 2 heteroatoms. The van der Waals surface area contributed by atoms with Gasteiger partial charge in [0.1, 0.15) is 6.61 Å². The summed E-state index contributed by atoms with van der Waals surface area (Å²) in [6.45, 7) is 8.27. The molecule has 0 aliphatic carbocycles. The minimum Gasteiger partial charge on any atom is -0.461 e. The van der Waals surface area contributed by atoms with Crippen LogP contribution >= 0.6 is 0 Å². The molecule has 0 atom stereocenters. The van der Waals surface area contributed by atoms with Gasteiger partial charge in [-0.1, -0.05) is 57.5 Å². The second-order valence-electron chi connectivity index (χ2n) is 5.50. The van der Waals surface area contributed by atoms with E-state index in [0.717, 1.165) is 12.0 Å². The lowest BCUT2D eigenvalue weighted by molar-refractivity contribution is -0.140. The summed E-state index contributed by atoms with van der Waals surface area (Å²) in [5, 5.41) is 0. The fourth-order valence-electron chi connectivity index (χ4n) is 1.94. The van der Waals surface area contributed by atoms with Gasteiger partial charge in [-0.25, -0.2) is 0 Å². The van der Waals surface area contributed by atoms with Gasteiger partial charge in [0.2, 0.25) is 0 Å². The molecular weight excluding hydrogens is 248 g/mol. The van der Waals surface area contributed by atoms with Crippen LogP contribution in [0, 0.1) is 5.92 Å². The Morgan fingerprint density at radius 2 is 1.90 bits per heavy atom. The molecule has 0 N–H and O–H groups in total. The van der Waals surface area contributed by atoms with Crippen LogP contribution in [-0.4, -0.2) is 12.6 Å². The summed E-state index contributed by atoms with van der Waals surface area (Å²) in [5.74, 6) is 0.139. The molecule has 0 fully saturated rings. The Hall–Kier alpha value is -1.57. The largest absolute Gasteiger partial charge is 0.461 e. The summed E-state index contributed by atoms with van der Waals surface area (Å²) < 4.78 is 5.11. The van der Waals surface area contributed by atoms with Gasteiger partial charge in [-0.2, -0.15) is 0 Å². The molecule has 0 saturated carbocycles. The molecule has 0 spiro atoms. The predicted octanol–water partition coefficient (Wildman–Crippen LogP) is 4.63. The highest BCUT2D eigenvalue weighted by atomic mass is 16.5. The molecular formula is C18H26O2. The average Bonchev–Trinajstić information content (AvgIpc) is 2.42. The van der Waals surface area contributed by atoms with Crippen molar-refractivity contribution in [2.24, 2.45) is 5.92 Å². The van der Waals surface area contributed by atoms with Gasteiger partial charge in [0.25, 0.3) is 0 Å². The van der Waals surface area contributed by atoms with Crippen LogP contribution in [-0.2, 0) is 16.0 Å². The van der Waals surface area contributed by atoms with E-state index in [0.29, 0.717) is 12.5 Å². The van der Waals surface area contributed by atoms with Crippen LogP contribution in [0.5, 0.6) is 0 Å². The fourth-order valence-corrected chi connectivity index (χ4v) is 1.94. The normalized spacial score (nSPS) is 11.8. The van der Waals surface area contributed by atoms with Gasteiger partial charge < -0.3 is 4.74 Å². The lowest BCUT2D eigenvalue weighted by atomic mass is 10.00. The van der Waals surface area contributed by atoms with E-state index in [9.17, 15) is 4.79 Å². The predicted molar refractivity (Wildman–Crippen MR) is 84.5 cm³/mol. The van der Waals surface area contributed by atoms with E-state index >= 15 is 0 Å². The van der Waals surface area contributed by atoms with Crippen molar-refractivity contribution >= 4 is 12.0 Å². The highest BCUT2D eigenvalue weighted by Gasteiger charge is 2.06. The van der Waals surface area contributed by atoms with E-state index in [-0.39, 0.29) is 5.97 Å². The second kappa shape index (κ2) is 8.57. The molecule has 0 heterocycles. The Labute approximate surface area is 122 Å². The molecule has 1 rings (SSSR count). The van der Waals surface area contributed by atoms with Gasteiger partial charge in [0, 0.05) is 6.92 Å². The molecule has 110 valence electrons. The number of rotatable bonds is 7. The van der Waals surface area contributed by atoms with Crippen molar-refractivity contribution < 1.29 is 9.53 Å². The minimum absolute atomic E-state index is 0.230. The zero-order valence-electron chi connectivity index (χ0n) is 13.1. The van der Waals surface area contributed by atoms with E-state index in [1.54, 1.807) is 0 Å². The number of aryl methyl sites for hydroxylation is 1.